The first-order valence-electron chi connectivity index (χ1n) is 8.81. The zero-order chi connectivity index (χ0) is 18.1. The third kappa shape index (κ3) is 5.85. The Morgan fingerprint density at radius 2 is 2.16 bits per heavy atom. The highest BCUT2D eigenvalue weighted by Gasteiger charge is 2.25. The van der Waals surface area contributed by atoms with Crippen LogP contribution in [0, 0.1) is 0 Å². The number of hydrogen-bond acceptors (Lipinski definition) is 4. The van der Waals surface area contributed by atoms with Gasteiger partial charge >= 0.3 is 0 Å². The molecule has 0 bridgehead atoms. The minimum atomic E-state index is -0.0311. The number of amides is 1. The number of carbonyl (C=O) groups excluding carboxylic acids is 1. The van der Waals surface area contributed by atoms with E-state index in [4.69, 9.17) is 4.74 Å². The Morgan fingerprint density at radius 3 is 2.88 bits per heavy atom. The Balaban J connectivity index is 1.90. The van der Waals surface area contributed by atoms with Gasteiger partial charge in [-0.15, -0.1) is 0 Å². The minimum Gasteiger partial charge on any atom is -0.495 e. The molecule has 1 unspecified atom stereocenters. The van der Waals surface area contributed by atoms with Gasteiger partial charge in [-0.2, -0.15) is 0 Å². The van der Waals surface area contributed by atoms with Crippen molar-refractivity contribution >= 4 is 17.6 Å². The van der Waals surface area contributed by atoms with Gasteiger partial charge in [0.15, 0.2) is 5.96 Å². The molecule has 3 N–H and O–H groups in total. The van der Waals surface area contributed by atoms with Gasteiger partial charge in [-0.3, -0.25) is 9.79 Å². The molecule has 0 spiro atoms. The van der Waals surface area contributed by atoms with E-state index in [0.29, 0.717) is 19.1 Å². The van der Waals surface area contributed by atoms with Gasteiger partial charge < -0.3 is 25.6 Å². The second-order valence-electron chi connectivity index (χ2n) is 5.99. The molecule has 1 atom stereocenters. The molecule has 25 heavy (non-hydrogen) atoms. The number of methoxy groups -OCH3 is 1. The quantitative estimate of drug-likeness (QED) is 0.389. The van der Waals surface area contributed by atoms with E-state index in [-0.39, 0.29) is 5.91 Å². The molecule has 2 rings (SSSR count). The van der Waals surface area contributed by atoms with Crippen LogP contribution in [0.25, 0.3) is 0 Å². The topological polar surface area (TPSA) is 78.0 Å². The predicted octanol–water partition coefficient (Wildman–Crippen LogP) is 0.965. The van der Waals surface area contributed by atoms with Crippen molar-refractivity contribution < 1.29 is 9.53 Å². The van der Waals surface area contributed by atoms with E-state index < -0.39 is 0 Å². The molecular formula is C18H29N5O2. The van der Waals surface area contributed by atoms with Crippen LogP contribution in [0.5, 0.6) is 5.75 Å². The average Bonchev–Trinajstić information content (AvgIpc) is 3.07. The van der Waals surface area contributed by atoms with E-state index in [1.54, 1.807) is 7.11 Å². The lowest BCUT2D eigenvalue weighted by Crippen LogP contribution is -2.45. The number of anilines is 1. The van der Waals surface area contributed by atoms with Crippen LogP contribution in [0.1, 0.15) is 20.3 Å². The van der Waals surface area contributed by atoms with Crippen molar-refractivity contribution in [3.8, 4) is 5.75 Å². The highest BCUT2D eigenvalue weighted by atomic mass is 16.5. The normalized spacial score (nSPS) is 17.3. The van der Waals surface area contributed by atoms with Crippen LogP contribution in [0.15, 0.2) is 29.3 Å². The summed E-state index contributed by atoms with van der Waals surface area (Å²) in [5.41, 5.74) is 1.13. The predicted molar refractivity (Wildman–Crippen MR) is 101 cm³/mol. The molecule has 1 heterocycles. The summed E-state index contributed by atoms with van der Waals surface area (Å²) < 4.78 is 5.46. The molecule has 1 amide bonds. The average molecular weight is 347 g/mol. The molecule has 1 fully saturated rings. The number of para-hydroxylation sites is 2. The summed E-state index contributed by atoms with van der Waals surface area (Å²) in [6.07, 6.45) is 1.04. The van der Waals surface area contributed by atoms with Gasteiger partial charge in [-0.25, -0.2) is 0 Å². The Morgan fingerprint density at radius 1 is 1.36 bits per heavy atom. The number of ether oxygens (including phenoxy) is 1. The number of carbonyl (C=O) groups is 1. The second kappa shape index (κ2) is 9.76. The summed E-state index contributed by atoms with van der Waals surface area (Å²) in [5, 5.41) is 9.50. The van der Waals surface area contributed by atoms with Crippen LogP contribution < -0.4 is 25.6 Å². The Kier molecular flexibility index (Phi) is 7.37. The minimum absolute atomic E-state index is 0.0311. The van der Waals surface area contributed by atoms with Crippen molar-refractivity contribution in [2.75, 3.05) is 44.7 Å². The number of benzene rings is 1. The van der Waals surface area contributed by atoms with E-state index in [1.165, 1.54) is 6.92 Å². The summed E-state index contributed by atoms with van der Waals surface area (Å²) in [7, 11) is 1.70. The van der Waals surface area contributed by atoms with E-state index in [0.717, 1.165) is 43.5 Å². The van der Waals surface area contributed by atoms with Crippen molar-refractivity contribution in [2.24, 2.45) is 4.99 Å². The third-order valence-electron chi connectivity index (χ3n) is 4.05. The van der Waals surface area contributed by atoms with Gasteiger partial charge in [0.2, 0.25) is 5.91 Å². The van der Waals surface area contributed by atoms with Crippen LogP contribution >= 0.6 is 0 Å². The van der Waals surface area contributed by atoms with Gasteiger partial charge in [-0.1, -0.05) is 12.1 Å². The molecule has 1 aliphatic heterocycles. The van der Waals surface area contributed by atoms with Gasteiger partial charge in [0, 0.05) is 39.1 Å². The lowest BCUT2D eigenvalue weighted by Gasteiger charge is -2.22. The molecule has 0 saturated carbocycles. The van der Waals surface area contributed by atoms with Crippen molar-refractivity contribution in [2.45, 2.75) is 26.3 Å². The fourth-order valence-electron chi connectivity index (χ4n) is 2.90. The smallest absolute Gasteiger partial charge is 0.216 e. The summed E-state index contributed by atoms with van der Waals surface area (Å²) >= 11 is 0. The monoisotopic (exact) mass is 347 g/mol. The molecule has 138 valence electrons. The Hall–Kier alpha value is -2.44. The molecule has 7 heteroatoms. The number of aliphatic imine (C=N–C) groups is 1. The zero-order valence-corrected chi connectivity index (χ0v) is 15.3. The van der Waals surface area contributed by atoms with Crippen LogP contribution in [-0.4, -0.2) is 57.7 Å². The van der Waals surface area contributed by atoms with E-state index in [9.17, 15) is 4.79 Å². The number of guanidine groups is 1. The summed E-state index contributed by atoms with van der Waals surface area (Å²) in [6.45, 7) is 7.33. The number of nitrogens with one attached hydrogen (secondary N) is 3. The van der Waals surface area contributed by atoms with Crippen molar-refractivity contribution in [1.82, 2.24) is 16.0 Å². The molecule has 0 radical (unpaired) electrons. The van der Waals surface area contributed by atoms with Crippen molar-refractivity contribution in [1.29, 1.82) is 0 Å². The number of rotatable bonds is 7. The van der Waals surface area contributed by atoms with Gasteiger partial charge in [0.25, 0.3) is 0 Å². The molecule has 7 nitrogen and oxygen atoms in total. The number of nitrogens with zero attached hydrogens (tertiary/aromatic N) is 2. The van der Waals surface area contributed by atoms with Gasteiger partial charge in [0.05, 0.1) is 19.3 Å². The van der Waals surface area contributed by atoms with Crippen LogP contribution in [-0.2, 0) is 4.79 Å². The molecule has 1 aromatic carbocycles. The highest BCUT2D eigenvalue weighted by molar-refractivity contribution is 5.80. The second-order valence-corrected chi connectivity index (χ2v) is 5.99. The lowest BCUT2D eigenvalue weighted by atomic mass is 10.2. The van der Waals surface area contributed by atoms with Crippen LogP contribution in [0.3, 0.4) is 0 Å². The molecule has 1 aliphatic rings. The Labute approximate surface area is 149 Å². The Bertz CT molecular complexity index is 591. The maximum absolute atomic E-state index is 10.9. The van der Waals surface area contributed by atoms with Crippen molar-refractivity contribution in [3.63, 3.8) is 0 Å². The van der Waals surface area contributed by atoms with E-state index in [1.807, 2.05) is 25.1 Å². The van der Waals surface area contributed by atoms with Crippen LogP contribution in [0.4, 0.5) is 5.69 Å². The molecule has 1 aromatic rings. The first-order chi connectivity index (χ1) is 12.1. The highest BCUT2D eigenvalue weighted by Crippen LogP contribution is 2.30. The first kappa shape index (κ1) is 18.9. The zero-order valence-electron chi connectivity index (χ0n) is 15.3. The van der Waals surface area contributed by atoms with Gasteiger partial charge in [-0.05, 0) is 25.5 Å². The van der Waals surface area contributed by atoms with Crippen LogP contribution in [0.2, 0.25) is 0 Å². The SMILES string of the molecule is CCNC(=NCCNC(C)=O)NC1CCN(c2ccccc2OC)C1. The lowest BCUT2D eigenvalue weighted by molar-refractivity contribution is -0.118. The fourth-order valence-corrected chi connectivity index (χ4v) is 2.90. The molecule has 0 aromatic heterocycles. The third-order valence-corrected chi connectivity index (χ3v) is 4.05. The number of hydrogen-bond donors (Lipinski definition) is 3. The largest absolute Gasteiger partial charge is 0.495 e. The van der Waals surface area contributed by atoms with Crippen molar-refractivity contribution in [3.05, 3.63) is 24.3 Å². The molecular weight excluding hydrogens is 318 g/mol. The summed E-state index contributed by atoms with van der Waals surface area (Å²) in [4.78, 5) is 17.8. The first-order valence-corrected chi connectivity index (χ1v) is 8.81. The molecule has 1 saturated heterocycles. The van der Waals surface area contributed by atoms with E-state index in [2.05, 4.69) is 31.9 Å². The fraction of sp³-hybridized carbons (Fsp3) is 0.556. The standard InChI is InChI=1S/C18H29N5O2/c1-4-19-18(21-11-10-20-14(2)24)22-15-9-12-23(13-15)16-7-5-6-8-17(16)25-3/h5-8,15H,4,9-13H2,1-3H3,(H,20,24)(H2,19,21,22). The molecule has 0 aliphatic carbocycles. The maximum atomic E-state index is 10.9. The maximum Gasteiger partial charge on any atom is 0.216 e. The van der Waals surface area contributed by atoms with E-state index >= 15 is 0 Å². The summed E-state index contributed by atoms with van der Waals surface area (Å²) in [6, 6.07) is 8.42. The summed E-state index contributed by atoms with van der Waals surface area (Å²) in [5.74, 6) is 1.66. The van der Waals surface area contributed by atoms with Gasteiger partial charge in [0.1, 0.15) is 5.75 Å².